The van der Waals surface area contributed by atoms with Crippen molar-refractivity contribution >= 4 is 33.6 Å². The molecule has 9 nitrogen and oxygen atoms in total. The molecule has 6 rings (SSSR count). The summed E-state index contributed by atoms with van der Waals surface area (Å²) in [5, 5.41) is 6.66. The number of fused-ring (bicyclic) bond motifs is 3. The van der Waals surface area contributed by atoms with Gasteiger partial charge in [0.05, 0.1) is 34.0 Å². The average molecular weight is 535 g/mol. The summed E-state index contributed by atoms with van der Waals surface area (Å²) in [5.41, 5.74) is 2.13. The van der Waals surface area contributed by atoms with Crippen LogP contribution in [0.25, 0.3) is 38.8 Å². The van der Waals surface area contributed by atoms with Crippen LogP contribution in [0.2, 0.25) is 0 Å². The van der Waals surface area contributed by atoms with Gasteiger partial charge in [-0.15, -0.1) is 0 Å². The number of alkyl halides is 3. The second kappa shape index (κ2) is 9.38. The van der Waals surface area contributed by atoms with Gasteiger partial charge in [0.1, 0.15) is 0 Å². The molecule has 0 saturated carbocycles. The van der Waals surface area contributed by atoms with E-state index < -0.39 is 17.4 Å². The van der Waals surface area contributed by atoms with E-state index in [9.17, 15) is 18.0 Å². The van der Waals surface area contributed by atoms with Crippen LogP contribution in [0, 0.1) is 0 Å². The van der Waals surface area contributed by atoms with Crippen LogP contribution in [-0.4, -0.2) is 57.3 Å². The van der Waals surface area contributed by atoms with E-state index in [1.54, 1.807) is 43.7 Å². The molecule has 1 aliphatic heterocycles. The number of aryl methyl sites for hydroxylation is 1. The summed E-state index contributed by atoms with van der Waals surface area (Å²) in [6.07, 6.45) is 0.326. The van der Waals surface area contributed by atoms with Gasteiger partial charge in [0.25, 0.3) is 0 Å². The maximum Gasteiger partial charge on any atom is 0.418 e. The minimum absolute atomic E-state index is 0.111. The first kappa shape index (κ1) is 24.9. The summed E-state index contributed by atoms with van der Waals surface area (Å²) in [5.74, 6) is 0.477. The van der Waals surface area contributed by atoms with Crippen molar-refractivity contribution in [1.82, 2.24) is 29.4 Å². The fraction of sp³-hybridized carbons (Fsp3) is 0.259. The van der Waals surface area contributed by atoms with Gasteiger partial charge in [-0.25, -0.2) is 14.8 Å². The Morgan fingerprint density at radius 3 is 2.38 bits per heavy atom. The Morgan fingerprint density at radius 1 is 0.949 bits per heavy atom. The highest BCUT2D eigenvalue weighted by molar-refractivity contribution is 6.04. The summed E-state index contributed by atoms with van der Waals surface area (Å²) < 4.78 is 45.6. The van der Waals surface area contributed by atoms with Gasteiger partial charge >= 0.3 is 11.9 Å². The van der Waals surface area contributed by atoms with Crippen molar-refractivity contribution in [3.05, 3.63) is 71.0 Å². The number of aromatic nitrogens is 5. The van der Waals surface area contributed by atoms with Gasteiger partial charge in [-0.1, -0.05) is 6.07 Å². The van der Waals surface area contributed by atoms with E-state index in [1.165, 1.54) is 15.2 Å². The number of hydrogen-bond donors (Lipinski definition) is 2. The van der Waals surface area contributed by atoms with Crippen molar-refractivity contribution in [3.8, 4) is 16.8 Å². The summed E-state index contributed by atoms with van der Waals surface area (Å²) in [4.78, 5) is 28.2. The van der Waals surface area contributed by atoms with Gasteiger partial charge in [0, 0.05) is 69.3 Å². The minimum atomic E-state index is -4.60. The van der Waals surface area contributed by atoms with Crippen LogP contribution in [0.3, 0.4) is 0 Å². The molecular formula is C27H25F3N8O. The van der Waals surface area contributed by atoms with E-state index in [4.69, 9.17) is 0 Å². The first-order chi connectivity index (χ1) is 18.8. The molecule has 0 unspecified atom stereocenters. The van der Waals surface area contributed by atoms with E-state index in [1.807, 2.05) is 18.2 Å². The number of piperazine rings is 1. The number of hydrogen-bond acceptors (Lipinski definition) is 7. The van der Waals surface area contributed by atoms with Crippen molar-refractivity contribution in [2.24, 2.45) is 7.05 Å². The number of halogens is 3. The normalized spacial score (nSPS) is 14.3. The van der Waals surface area contributed by atoms with Gasteiger partial charge < -0.3 is 15.5 Å². The molecule has 0 amide bonds. The topological polar surface area (TPSA) is 92.9 Å². The standard InChI is InChI=1S/C27H25F3N8O/c1-31-25-34-13-17(14-35-25)16-3-5-21-19(11-16)24-23(15-33-21)36(2)26(39)38(24)18-4-6-22(20(12-18)27(28,29)30)37-9-7-32-8-10-37/h3-6,11-15,32H,7-10H2,1-2H3,(H,31,34,35). The number of nitrogens with zero attached hydrogens (tertiary/aromatic N) is 6. The van der Waals surface area contributed by atoms with Crippen LogP contribution in [-0.2, 0) is 13.2 Å². The largest absolute Gasteiger partial charge is 0.418 e. The highest BCUT2D eigenvalue weighted by atomic mass is 19.4. The smallest absolute Gasteiger partial charge is 0.368 e. The zero-order valence-corrected chi connectivity index (χ0v) is 21.3. The van der Waals surface area contributed by atoms with Crippen molar-refractivity contribution in [1.29, 1.82) is 0 Å². The highest BCUT2D eigenvalue weighted by Gasteiger charge is 2.36. The van der Waals surface area contributed by atoms with Crippen molar-refractivity contribution in [3.63, 3.8) is 0 Å². The van der Waals surface area contributed by atoms with E-state index >= 15 is 0 Å². The molecule has 1 fully saturated rings. The summed E-state index contributed by atoms with van der Waals surface area (Å²) in [6.45, 7) is 2.14. The lowest BCUT2D eigenvalue weighted by Gasteiger charge is -2.31. The molecule has 12 heteroatoms. The van der Waals surface area contributed by atoms with Crippen LogP contribution in [0.15, 0.2) is 59.8 Å². The lowest BCUT2D eigenvalue weighted by Crippen LogP contribution is -2.44. The van der Waals surface area contributed by atoms with Gasteiger partial charge in [-0.05, 0) is 35.9 Å². The van der Waals surface area contributed by atoms with E-state index in [2.05, 4.69) is 25.6 Å². The number of pyridine rings is 1. The fourth-order valence-corrected chi connectivity index (χ4v) is 5.09. The molecule has 2 aromatic carbocycles. The van der Waals surface area contributed by atoms with Crippen LogP contribution >= 0.6 is 0 Å². The highest BCUT2D eigenvalue weighted by Crippen LogP contribution is 2.39. The van der Waals surface area contributed by atoms with Crippen molar-refractivity contribution in [2.45, 2.75) is 6.18 Å². The fourth-order valence-electron chi connectivity index (χ4n) is 5.09. The predicted molar refractivity (Wildman–Crippen MR) is 144 cm³/mol. The lowest BCUT2D eigenvalue weighted by molar-refractivity contribution is -0.137. The Balaban J connectivity index is 1.58. The SMILES string of the molecule is CNc1ncc(-c2ccc3ncc4c(c3c2)n(-c2ccc(N3CCNCC3)c(C(F)(F)F)c2)c(=O)n4C)cn1. The van der Waals surface area contributed by atoms with Gasteiger partial charge in [-0.2, -0.15) is 13.2 Å². The monoisotopic (exact) mass is 534 g/mol. The number of imidazole rings is 1. The van der Waals surface area contributed by atoms with Gasteiger partial charge in [-0.3, -0.25) is 14.1 Å². The molecule has 5 aromatic rings. The Labute approximate surface area is 220 Å². The van der Waals surface area contributed by atoms with E-state index in [0.29, 0.717) is 54.1 Å². The van der Waals surface area contributed by atoms with Crippen LogP contribution in [0.4, 0.5) is 24.8 Å². The van der Waals surface area contributed by atoms with Crippen LogP contribution < -0.4 is 21.2 Å². The third kappa shape index (κ3) is 4.26. The maximum atomic E-state index is 14.3. The van der Waals surface area contributed by atoms with Crippen LogP contribution in [0.1, 0.15) is 5.56 Å². The summed E-state index contributed by atoms with van der Waals surface area (Å²) in [6, 6.07) is 9.65. The van der Waals surface area contributed by atoms with Crippen molar-refractivity contribution < 1.29 is 13.2 Å². The Kier molecular flexibility index (Phi) is 5.98. The third-order valence-electron chi connectivity index (χ3n) is 7.09. The molecule has 0 atom stereocenters. The molecule has 39 heavy (non-hydrogen) atoms. The van der Waals surface area contributed by atoms with E-state index in [-0.39, 0.29) is 11.4 Å². The molecule has 0 spiro atoms. The molecule has 3 aromatic heterocycles. The molecular weight excluding hydrogens is 509 g/mol. The molecule has 0 bridgehead atoms. The van der Waals surface area contributed by atoms with E-state index in [0.717, 1.165) is 17.2 Å². The molecule has 0 radical (unpaired) electrons. The summed E-state index contributed by atoms with van der Waals surface area (Å²) in [7, 11) is 3.31. The molecule has 200 valence electrons. The van der Waals surface area contributed by atoms with Gasteiger partial charge in [0.2, 0.25) is 5.95 Å². The maximum absolute atomic E-state index is 14.3. The molecule has 2 N–H and O–H groups in total. The molecule has 1 saturated heterocycles. The molecule has 0 aliphatic carbocycles. The second-order valence-electron chi connectivity index (χ2n) is 9.38. The number of anilines is 2. The zero-order chi connectivity index (χ0) is 27.3. The zero-order valence-electron chi connectivity index (χ0n) is 21.3. The number of benzene rings is 2. The predicted octanol–water partition coefficient (Wildman–Crippen LogP) is 3.80. The van der Waals surface area contributed by atoms with Gasteiger partial charge in [0.15, 0.2) is 0 Å². The second-order valence-corrected chi connectivity index (χ2v) is 9.38. The minimum Gasteiger partial charge on any atom is -0.368 e. The Morgan fingerprint density at radius 2 is 1.69 bits per heavy atom. The molecule has 1 aliphatic rings. The Hall–Kier alpha value is -4.45. The molecule has 4 heterocycles. The quantitative estimate of drug-likeness (QED) is 0.362. The van der Waals surface area contributed by atoms with Crippen LogP contribution in [0.5, 0.6) is 0 Å². The lowest BCUT2D eigenvalue weighted by atomic mass is 10.0. The Bertz CT molecular complexity index is 1750. The average Bonchev–Trinajstić information content (AvgIpc) is 3.22. The van der Waals surface area contributed by atoms with Crippen molar-refractivity contribution in [2.75, 3.05) is 43.4 Å². The number of rotatable bonds is 4. The number of nitrogens with one attached hydrogen (secondary N) is 2. The first-order valence-electron chi connectivity index (χ1n) is 12.4. The third-order valence-corrected chi connectivity index (χ3v) is 7.09. The summed E-state index contributed by atoms with van der Waals surface area (Å²) >= 11 is 0. The first-order valence-corrected chi connectivity index (χ1v) is 12.4.